The quantitative estimate of drug-likeness (QED) is 0.451. The first kappa shape index (κ1) is 24.0. The second-order valence-corrected chi connectivity index (χ2v) is 10.1. The van der Waals surface area contributed by atoms with E-state index in [1.807, 2.05) is 48.0 Å². The Balaban J connectivity index is 1.67. The van der Waals surface area contributed by atoms with Gasteiger partial charge < -0.3 is 9.88 Å². The van der Waals surface area contributed by atoms with Gasteiger partial charge in [-0.25, -0.2) is 13.4 Å². The minimum Gasteiger partial charge on any atom is -0.325 e. The number of thioether (sulfide) groups is 1. The molecule has 0 aliphatic rings. The Morgan fingerprint density at radius 1 is 1.12 bits per heavy atom. The average molecular weight is 473 g/mol. The van der Waals surface area contributed by atoms with Crippen LogP contribution in [0.15, 0.2) is 71.0 Å². The van der Waals surface area contributed by atoms with Gasteiger partial charge in [-0.15, -0.1) is 0 Å². The number of imidazole rings is 1. The summed E-state index contributed by atoms with van der Waals surface area (Å²) in [7, 11) is -3.60. The van der Waals surface area contributed by atoms with E-state index in [2.05, 4.69) is 10.3 Å². The average Bonchev–Trinajstić information content (AvgIpc) is 3.22. The summed E-state index contributed by atoms with van der Waals surface area (Å²) in [5.41, 5.74) is 2.45. The molecule has 0 spiro atoms. The monoisotopic (exact) mass is 472 g/mol. The lowest BCUT2D eigenvalue weighted by Gasteiger charge is -2.19. The predicted molar refractivity (Wildman–Crippen MR) is 128 cm³/mol. The molecule has 1 N–H and O–H groups in total. The van der Waals surface area contributed by atoms with Crippen LogP contribution in [0.25, 0.3) is 0 Å². The number of aryl methyl sites for hydroxylation is 1. The molecule has 0 saturated heterocycles. The molecule has 3 aromatic rings. The van der Waals surface area contributed by atoms with Crippen molar-refractivity contribution in [2.24, 2.45) is 0 Å². The van der Waals surface area contributed by atoms with Crippen LogP contribution in [0.3, 0.4) is 0 Å². The molecule has 0 atom stereocenters. The Morgan fingerprint density at radius 3 is 2.53 bits per heavy atom. The molecule has 2 aromatic carbocycles. The number of amides is 1. The zero-order chi connectivity index (χ0) is 23.1. The zero-order valence-corrected chi connectivity index (χ0v) is 20.1. The van der Waals surface area contributed by atoms with E-state index in [4.69, 9.17) is 0 Å². The van der Waals surface area contributed by atoms with E-state index in [0.29, 0.717) is 25.3 Å². The summed E-state index contributed by atoms with van der Waals surface area (Å²) in [6.45, 7) is 6.90. The topological polar surface area (TPSA) is 84.3 Å². The summed E-state index contributed by atoms with van der Waals surface area (Å²) in [6.07, 6.45) is 3.60. The van der Waals surface area contributed by atoms with E-state index in [1.54, 1.807) is 32.2 Å². The fourth-order valence-electron chi connectivity index (χ4n) is 3.26. The van der Waals surface area contributed by atoms with Crippen LogP contribution in [0, 0.1) is 6.92 Å². The molecule has 3 rings (SSSR count). The van der Waals surface area contributed by atoms with E-state index in [0.717, 1.165) is 16.3 Å². The van der Waals surface area contributed by atoms with E-state index >= 15 is 0 Å². The molecule has 0 bridgehead atoms. The van der Waals surface area contributed by atoms with Gasteiger partial charge in [0.15, 0.2) is 5.16 Å². The number of carbonyl (C=O) groups excluding carboxylic acids is 1. The van der Waals surface area contributed by atoms with Crippen molar-refractivity contribution in [1.82, 2.24) is 13.9 Å². The number of rotatable bonds is 10. The summed E-state index contributed by atoms with van der Waals surface area (Å²) in [5, 5.41) is 3.60. The molecule has 1 aromatic heterocycles. The van der Waals surface area contributed by atoms with Crippen molar-refractivity contribution in [3.8, 4) is 0 Å². The fourth-order valence-corrected chi connectivity index (χ4v) is 5.51. The van der Waals surface area contributed by atoms with Crippen LogP contribution in [-0.4, -0.2) is 47.0 Å². The van der Waals surface area contributed by atoms with Crippen LogP contribution in [0.2, 0.25) is 0 Å². The maximum Gasteiger partial charge on any atom is 0.243 e. The second-order valence-electron chi connectivity index (χ2n) is 7.23. The Bertz CT molecular complexity index is 1160. The number of anilines is 1. The summed E-state index contributed by atoms with van der Waals surface area (Å²) in [6, 6.07) is 14.9. The Labute approximate surface area is 193 Å². The highest BCUT2D eigenvalue weighted by Gasteiger charge is 2.22. The fraction of sp³-hybridized carbons (Fsp3) is 0.304. The van der Waals surface area contributed by atoms with E-state index in [9.17, 15) is 13.2 Å². The molecule has 9 heteroatoms. The lowest BCUT2D eigenvalue weighted by atomic mass is 10.2. The summed E-state index contributed by atoms with van der Waals surface area (Å²) >= 11 is 1.34. The maximum atomic E-state index is 12.8. The first-order valence-electron chi connectivity index (χ1n) is 10.4. The number of hydrogen-bond acceptors (Lipinski definition) is 5. The third-order valence-corrected chi connectivity index (χ3v) is 8.08. The van der Waals surface area contributed by atoms with Crippen LogP contribution < -0.4 is 5.32 Å². The van der Waals surface area contributed by atoms with Crippen molar-refractivity contribution < 1.29 is 13.2 Å². The molecule has 0 unspecified atom stereocenters. The number of carbonyl (C=O) groups is 1. The van der Waals surface area contributed by atoms with Gasteiger partial charge >= 0.3 is 0 Å². The molecule has 7 nitrogen and oxygen atoms in total. The highest BCUT2D eigenvalue weighted by Crippen LogP contribution is 2.24. The van der Waals surface area contributed by atoms with Crippen molar-refractivity contribution in [3.05, 3.63) is 72.1 Å². The highest BCUT2D eigenvalue weighted by atomic mass is 32.2. The van der Waals surface area contributed by atoms with Crippen LogP contribution in [0.4, 0.5) is 5.69 Å². The summed E-state index contributed by atoms with van der Waals surface area (Å²) < 4.78 is 29.0. The largest absolute Gasteiger partial charge is 0.325 e. The van der Waals surface area contributed by atoms with Crippen LogP contribution in [-0.2, 0) is 21.4 Å². The number of sulfonamides is 1. The molecule has 32 heavy (non-hydrogen) atoms. The van der Waals surface area contributed by atoms with Gasteiger partial charge in [0, 0.05) is 37.7 Å². The number of nitrogens with one attached hydrogen (secondary N) is 1. The van der Waals surface area contributed by atoms with Crippen molar-refractivity contribution in [1.29, 1.82) is 0 Å². The van der Waals surface area contributed by atoms with Crippen LogP contribution in [0.1, 0.15) is 25.0 Å². The minimum atomic E-state index is -3.60. The predicted octanol–water partition coefficient (Wildman–Crippen LogP) is 4.00. The standard InChI is InChI=1S/C23H28N4O3S2/c1-4-27(5-2)32(29,30)20-12-11-18(3)21(15-20)25-22(28)17-31-23-24-13-14-26(23)16-19-9-7-6-8-10-19/h6-15H,4-5,16-17H2,1-3H3,(H,25,28). The molecule has 0 aliphatic carbocycles. The number of hydrogen-bond donors (Lipinski definition) is 1. The Kier molecular flexibility index (Phi) is 8.11. The molecular formula is C23H28N4O3S2. The second kappa shape index (κ2) is 10.8. The molecule has 0 saturated carbocycles. The molecule has 170 valence electrons. The molecular weight excluding hydrogens is 444 g/mol. The Morgan fingerprint density at radius 2 is 1.84 bits per heavy atom. The van der Waals surface area contributed by atoms with E-state index in [1.165, 1.54) is 22.1 Å². The number of benzene rings is 2. The van der Waals surface area contributed by atoms with Crippen LogP contribution >= 0.6 is 11.8 Å². The van der Waals surface area contributed by atoms with Gasteiger partial charge in [0.25, 0.3) is 0 Å². The first-order chi connectivity index (χ1) is 15.3. The molecule has 1 amide bonds. The highest BCUT2D eigenvalue weighted by molar-refractivity contribution is 7.99. The molecule has 0 radical (unpaired) electrons. The Hall–Kier alpha value is -2.62. The third kappa shape index (κ3) is 5.79. The van der Waals surface area contributed by atoms with Gasteiger partial charge in [-0.3, -0.25) is 4.79 Å². The van der Waals surface area contributed by atoms with E-state index in [-0.39, 0.29) is 16.6 Å². The third-order valence-electron chi connectivity index (χ3n) is 5.03. The van der Waals surface area contributed by atoms with Gasteiger partial charge in [-0.05, 0) is 30.2 Å². The van der Waals surface area contributed by atoms with Gasteiger partial charge in [-0.2, -0.15) is 4.31 Å². The van der Waals surface area contributed by atoms with Crippen molar-refractivity contribution in [3.63, 3.8) is 0 Å². The lowest BCUT2D eigenvalue weighted by Crippen LogP contribution is -2.30. The van der Waals surface area contributed by atoms with Gasteiger partial charge in [0.05, 0.1) is 10.6 Å². The minimum absolute atomic E-state index is 0.165. The van der Waals surface area contributed by atoms with Gasteiger partial charge in [0.2, 0.25) is 15.9 Å². The molecule has 1 heterocycles. The van der Waals surface area contributed by atoms with Crippen LogP contribution in [0.5, 0.6) is 0 Å². The van der Waals surface area contributed by atoms with Crippen molar-refractivity contribution >= 4 is 33.4 Å². The SMILES string of the molecule is CCN(CC)S(=O)(=O)c1ccc(C)c(NC(=O)CSc2nccn2Cc2ccccc2)c1. The van der Waals surface area contributed by atoms with Gasteiger partial charge in [-0.1, -0.05) is 62.0 Å². The molecule has 0 aliphatic heterocycles. The number of aromatic nitrogens is 2. The smallest absolute Gasteiger partial charge is 0.243 e. The molecule has 0 fully saturated rings. The number of nitrogens with zero attached hydrogens (tertiary/aromatic N) is 3. The normalized spacial score (nSPS) is 11.6. The van der Waals surface area contributed by atoms with Crippen molar-refractivity contribution in [2.75, 3.05) is 24.2 Å². The summed E-state index contributed by atoms with van der Waals surface area (Å²) in [5.74, 6) is -0.0529. The summed E-state index contributed by atoms with van der Waals surface area (Å²) in [4.78, 5) is 17.1. The van der Waals surface area contributed by atoms with Gasteiger partial charge in [0.1, 0.15) is 0 Å². The maximum absolute atomic E-state index is 12.8. The van der Waals surface area contributed by atoms with E-state index < -0.39 is 10.0 Å². The zero-order valence-electron chi connectivity index (χ0n) is 18.5. The van der Waals surface area contributed by atoms with Crippen molar-refractivity contribution in [2.45, 2.75) is 37.4 Å². The first-order valence-corrected chi connectivity index (χ1v) is 12.9. The lowest BCUT2D eigenvalue weighted by molar-refractivity contribution is -0.113.